The maximum Gasteiger partial charge on any atom is 0.252 e. The number of aromatic nitrogens is 2. The summed E-state index contributed by atoms with van der Waals surface area (Å²) in [5.74, 6) is 1.20. The van der Waals surface area contributed by atoms with E-state index in [2.05, 4.69) is 31.2 Å². The van der Waals surface area contributed by atoms with Crippen LogP contribution in [0.2, 0.25) is 0 Å². The van der Waals surface area contributed by atoms with E-state index in [4.69, 9.17) is 4.74 Å². The summed E-state index contributed by atoms with van der Waals surface area (Å²) in [4.78, 5) is 19.1. The zero-order valence-corrected chi connectivity index (χ0v) is 14.6. The Morgan fingerprint density at radius 1 is 1.17 bits per heavy atom. The molecule has 3 aromatic rings. The van der Waals surface area contributed by atoms with Crippen LogP contribution in [0.3, 0.4) is 0 Å². The van der Waals surface area contributed by atoms with Gasteiger partial charge in [-0.1, -0.05) is 28.1 Å². The molecule has 0 saturated carbocycles. The average molecular weight is 386 g/mol. The summed E-state index contributed by atoms with van der Waals surface area (Å²) in [6.07, 6.45) is 0. The molecule has 5 nitrogen and oxygen atoms in total. The maximum absolute atomic E-state index is 11.9. The van der Waals surface area contributed by atoms with Gasteiger partial charge in [-0.25, -0.2) is 4.98 Å². The molecule has 1 aromatic heterocycles. The van der Waals surface area contributed by atoms with Crippen molar-refractivity contribution in [1.29, 1.82) is 0 Å². The zero-order valence-electron chi connectivity index (χ0n) is 13.0. The van der Waals surface area contributed by atoms with Gasteiger partial charge in [-0.2, -0.15) is 0 Å². The summed E-state index contributed by atoms with van der Waals surface area (Å²) in [7, 11) is 1.62. The minimum absolute atomic E-state index is 0.201. The zero-order chi connectivity index (χ0) is 16.9. The second-order valence-corrected chi connectivity index (χ2v) is 6.11. The Morgan fingerprint density at radius 3 is 2.67 bits per heavy atom. The number of benzene rings is 2. The van der Waals surface area contributed by atoms with Gasteiger partial charge in [0.15, 0.2) is 0 Å². The van der Waals surface area contributed by atoms with Crippen molar-refractivity contribution in [2.24, 2.45) is 0 Å². The molecular weight excluding hydrogens is 370 g/mol. The number of methoxy groups -OCH3 is 1. The third kappa shape index (κ3) is 4.02. The fourth-order valence-electron chi connectivity index (χ4n) is 2.28. The van der Waals surface area contributed by atoms with E-state index in [-0.39, 0.29) is 5.56 Å². The molecule has 0 aliphatic rings. The van der Waals surface area contributed by atoms with Gasteiger partial charge in [-0.05, 0) is 42.0 Å². The SMILES string of the molecule is COc1ccc(-c2cc(=O)[nH]c(NCc3cccc(Br)c3)n2)cc1. The smallest absolute Gasteiger partial charge is 0.252 e. The summed E-state index contributed by atoms with van der Waals surface area (Å²) in [5.41, 5.74) is 2.35. The van der Waals surface area contributed by atoms with Crippen LogP contribution in [-0.4, -0.2) is 17.1 Å². The Balaban J connectivity index is 1.81. The van der Waals surface area contributed by atoms with Crippen molar-refractivity contribution in [3.63, 3.8) is 0 Å². The highest BCUT2D eigenvalue weighted by Crippen LogP contribution is 2.20. The highest BCUT2D eigenvalue weighted by molar-refractivity contribution is 9.10. The molecule has 122 valence electrons. The molecule has 2 aromatic carbocycles. The van der Waals surface area contributed by atoms with Gasteiger partial charge >= 0.3 is 0 Å². The Kier molecular flexibility index (Phi) is 4.96. The molecule has 0 bridgehead atoms. The number of hydrogen-bond donors (Lipinski definition) is 2. The van der Waals surface area contributed by atoms with Crippen molar-refractivity contribution in [2.45, 2.75) is 6.54 Å². The minimum Gasteiger partial charge on any atom is -0.497 e. The van der Waals surface area contributed by atoms with Crippen molar-refractivity contribution < 1.29 is 4.74 Å². The normalized spacial score (nSPS) is 10.4. The molecule has 0 aliphatic heterocycles. The molecule has 0 spiro atoms. The fourth-order valence-corrected chi connectivity index (χ4v) is 2.73. The molecule has 0 saturated heterocycles. The number of ether oxygens (including phenoxy) is 1. The lowest BCUT2D eigenvalue weighted by atomic mass is 10.1. The first kappa shape index (κ1) is 16.3. The van der Waals surface area contributed by atoms with Gasteiger partial charge in [-0.3, -0.25) is 9.78 Å². The van der Waals surface area contributed by atoms with Crippen LogP contribution in [0.5, 0.6) is 5.75 Å². The van der Waals surface area contributed by atoms with Gasteiger partial charge in [-0.15, -0.1) is 0 Å². The third-order valence-electron chi connectivity index (χ3n) is 3.48. The first-order valence-electron chi connectivity index (χ1n) is 7.38. The number of anilines is 1. The predicted octanol–water partition coefficient (Wildman–Crippen LogP) is 3.82. The third-order valence-corrected chi connectivity index (χ3v) is 3.97. The van der Waals surface area contributed by atoms with Crippen LogP contribution in [0.4, 0.5) is 5.95 Å². The Bertz CT molecular complexity index is 891. The number of aromatic amines is 1. The lowest BCUT2D eigenvalue weighted by molar-refractivity contribution is 0.415. The van der Waals surface area contributed by atoms with Crippen molar-refractivity contribution in [3.8, 4) is 17.0 Å². The lowest BCUT2D eigenvalue weighted by Crippen LogP contribution is -2.12. The predicted molar refractivity (Wildman–Crippen MR) is 98.3 cm³/mol. The maximum atomic E-state index is 11.9. The molecule has 3 rings (SSSR count). The first-order chi connectivity index (χ1) is 11.6. The van der Waals surface area contributed by atoms with Gasteiger partial charge in [0.25, 0.3) is 5.56 Å². The van der Waals surface area contributed by atoms with Gasteiger partial charge in [0.05, 0.1) is 12.8 Å². The Hall–Kier alpha value is -2.60. The van der Waals surface area contributed by atoms with Gasteiger partial charge in [0, 0.05) is 22.6 Å². The van der Waals surface area contributed by atoms with E-state index >= 15 is 0 Å². The quantitative estimate of drug-likeness (QED) is 0.700. The van der Waals surface area contributed by atoms with E-state index in [1.165, 1.54) is 6.07 Å². The van der Waals surface area contributed by atoms with E-state index < -0.39 is 0 Å². The van der Waals surface area contributed by atoms with E-state index in [0.29, 0.717) is 18.2 Å². The second-order valence-electron chi connectivity index (χ2n) is 5.19. The Morgan fingerprint density at radius 2 is 1.96 bits per heavy atom. The van der Waals surface area contributed by atoms with E-state index in [9.17, 15) is 4.79 Å². The standard InChI is InChI=1S/C18H16BrN3O2/c1-24-15-7-5-13(6-8-15)16-10-17(23)22-18(21-16)20-11-12-3-2-4-14(19)9-12/h2-10H,11H2,1H3,(H2,20,21,22,23). The van der Waals surface area contributed by atoms with Crippen molar-refractivity contribution in [3.05, 3.63) is 75.0 Å². The summed E-state index contributed by atoms with van der Waals surface area (Å²) in [6.45, 7) is 0.564. The molecular formula is C18H16BrN3O2. The van der Waals surface area contributed by atoms with Gasteiger partial charge < -0.3 is 10.1 Å². The van der Waals surface area contributed by atoms with Crippen LogP contribution < -0.4 is 15.6 Å². The molecule has 1 heterocycles. The van der Waals surface area contributed by atoms with Gasteiger partial charge in [0.2, 0.25) is 5.95 Å². The fraction of sp³-hybridized carbons (Fsp3) is 0.111. The number of halogens is 1. The molecule has 6 heteroatoms. The minimum atomic E-state index is -0.201. The number of rotatable bonds is 5. The largest absolute Gasteiger partial charge is 0.497 e. The monoisotopic (exact) mass is 385 g/mol. The second kappa shape index (κ2) is 7.31. The molecule has 2 N–H and O–H groups in total. The summed E-state index contributed by atoms with van der Waals surface area (Å²) in [5, 5.41) is 3.15. The van der Waals surface area contributed by atoms with Crippen LogP contribution in [0.15, 0.2) is 63.9 Å². The van der Waals surface area contributed by atoms with Crippen LogP contribution in [0.25, 0.3) is 11.3 Å². The van der Waals surface area contributed by atoms with Crippen LogP contribution in [-0.2, 0) is 6.54 Å². The molecule has 0 amide bonds. The lowest BCUT2D eigenvalue weighted by Gasteiger charge is -2.08. The summed E-state index contributed by atoms with van der Waals surface area (Å²) < 4.78 is 6.15. The highest BCUT2D eigenvalue weighted by Gasteiger charge is 2.05. The van der Waals surface area contributed by atoms with Crippen LogP contribution in [0.1, 0.15) is 5.56 Å². The summed E-state index contributed by atoms with van der Waals surface area (Å²) in [6, 6.07) is 16.9. The number of H-pyrrole nitrogens is 1. The summed E-state index contributed by atoms with van der Waals surface area (Å²) >= 11 is 3.44. The Labute approximate surface area is 147 Å². The van der Waals surface area contributed by atoms with Gasteiger partial charge in [0.1, 0.15) is 5.75 Å². The molecule has 0 fully saturated rings. The topological polar surface area (TPSA) is 67.0 Å². The van der Waals surface area contributed by atoms with E-state index in [0.717, 1.165) is 21.3 Å². The van der Waals surface area contributed by atoms with Crippen molar-refractivity contribution in [1.82, 2.24) is 9.97 Å². The number of nitrogens with one attached hydrogen (secondary N) is 2. The van der Waals surface area contributed by atoms with Crippen molar-refractivity contribution >= 4 is 21.9 Å². The highest BCUT2D eigenvalue weighted by atomic mass is 79.9. The number of nitrogens with zero attached hydrogens (tertiary/aromatic N) is 1. The van der Waals surface area contributed by atoms with Crippen molar-refractivity contribution in [2.75, 3.05) is 12.4 Å². The molecule has 0 unspecified atom stereocenters. The molecule has 0 atom stereocenters. The van der Waals surface area contributed by atoms with Crippen LogP contribution >= 0.6 is 15.9 Å². The van der Waals surface area contributed by atoms with Crippen LogP contribution in [0, 0.1) is 0 Å². The first-order valence-corrected chi connectivity index (χ1v) is 8.17. The molecule has 0 radical (unpaired) electrons. The molecule has 24 heavy (non-hydrogen) atoms. The van der Waals surface area contributed by atoms with E-state index in [1.807, 2.05) is 48.5 Å². The molecule has 0 aliphatic carbocycles. The average Bonchev–Trinajstić information content (AvgIpc) is 2.60. The number of hydrogen-bond acceptors (Lipinski definition) is 4. The van der Waals surface area contributed by atoms with E-state index in [1.54, 1.807) is 7.11 Å².